The Bertz CT molecular complexity index is 154. The van der Waals surface area contributed by atoms with Gasteiger partial charge in [0.1, 0.15) is 0 Å². The molecule has 0 saturated carbocycles. The third-order valence-corrected chi connectivity index (χ3v) is 1.11. The van der Waals surface area contributed by atoms with E-state index in [4.69, 9.17) is 0 Å². The summed E-state index contributed by atoms with van der Waals surface area (Å²) in [7, 11) is 0. The Hall–Kier alpha value is 0.497. The van der Waals surface area contributed by atoms with Gasteiger partial charge in [0, 0.05) is 30.2 Å². The zero-order valence-corrected chi connectivity index (χ0v) is 11.7. The van der Waals surface area contributed by atoms with Crippen LogP contribution in [0.4, 0.5) is 0 Å². The standard InChI is InChI=1S/2C5H5.2CH4.CH3.Al.ClH.Ti/c2*1-2-4-5-3-1;;;;;;/h2*1-5H;2*1H4;1H3;;1H;/q;;;;-1;;;+2/p-1. The van der Waals surface area contributed by atoms with E-state index in [1.165, 1.54) is 0 Å². The van der Waals surface area contributed by atoms with Crippen LogP contribution in [-0.4, -0.2) is 17.4 Å². The summed E-state index contributed by atoms with van der Waals surface area (Å²) in [6.07, 6.45) is 20.0. The maximum absolute atomic E-state index is 2.00. The van der Waals surface area contributed by atoms with Gasteiger partial charge < -0.3 is 19.8 Å². The topological polar surface area (TPSA) is 0 Å². The monoisotopic (exact) mass is 287 g/mol. The third-order valence-electron chi connectivity index (χ3n) is 1.11. The largest absolute Gasteiger partial charge is 2.00 e. The van der Waals surface area contributed by atoms with E-state index in [0.29, 0.717) is 0 Å². The fourth-order valence-electron chi connectivity index (χ4n) is 0.642. The first-order valence-corrected chi connectivity index (χ1v) is 3.33. The van der Waals surface area contributed by atoms with Crippen LogP contribution < -0.4 is 12.4 Å². The van der Waals surface area contributed by atoms with E-state index in [9.17, 15) is 0 Å². The van der Waals surface area contributed by atoms with Gasteiger partial charge in [0.25, 0.3) is 0 Å². The molecule has 0 spiro atoms. The molecule has 5 radical (unpaired) electrons. The van der Waals surface area contributed by atoms with Gasteiger partial charge in [0.05, 0.1) is 0 Å². The third kappa shape index (κ3) is 24.0. The van der Waals surface area contributed by atoms with Crippen molar-refractivity contribution in [1.29, 1.82) is 0 Å². The van der Waals surface area contributed by atoms with Gasteiger partial charge in [-0.1, -0.05) is 63.5 Å². The Morgan fingerprint density at radius 3 is 0.750 bits per heavy atom. The predicted octanol–water partition coefficient (Wildman–Crippen LogP) is 0.977. The van der Waals surface area contributed by atoms with Crippen LogP contribution in [0.5, 0.6) is 0 Å². The van der Waals surface area contributed by atoms with E-state index in [-0.39, 0.29) is 73.8 Å². The second-order valence-electron chi connectivity index (χ2n) is 1.92. The fraction of sp³-hybridized carbons (Fsp3) is 0.154. The van der Waals surface area contributed by atoms with Crippen LogP contribution >= 0.6 is 0 Å². The van der Waals surface area contributed by atoms with Crippen LogP contribution in [0.15, 0.2) is 48.6 Å². The summed E-state index contributed by atoms with van der Waals surface area (Å²) in [5, 5.41) is 0. The Kier molecular flexibility index (Phi) is 66.4. The molecule has 0 amide bonds. The quantitative estimate of drug-likeness (QED) is 0.460. The molecule has 3 heteroatoms. The Morgan fingerprint density at radius 2 is 0.688 bits per heavy atom. The first-order valence-electron chi connectivity index (χ1n) is 3.33. The molecule has 0 unspecified atom stereocenters. The first kappa shape index (κ1) is 36.0. The maximum Gasteiger partial charge on any atom is 2.00 e. The number of allylic oxidation sites excluding steroid dienone is 8. The Balaban J connectivity index is -0.0000000227. The molecule has 2 rings (SSSR count). The molecule has 16 heavy (non-hydrogen) atoms. The summed E-state index contributed by atoms with van der Waals surface area (Å²) in [6, 6.07) is 0. The minimum Gasteiger partial charge on any atom is -1.00 e. The van der Waals surface area contributed by atoms with E-state index in [2.05, 4.69) is 0 Å². The molecule has 87 valence electrons. The van der Waals surface area contributed by atoms with Crippen molar-refractivity contribution < 1.29 is 34.1 Å². The summed E-state index contributed by atoms with van der Waals surface area (Å²) in [5.74, 6) is 0. The van der Waals surface area contributed by atoms with Crippen molar-refractivity contribution in [3.05, 3.63) is 68.9 Å². The van der Waals surface area contributed by atoms with E-state index in [1.54, 1.807) is 0 Å². The summed E-state index contributed by atoms with van der Waals surface area (Å²) in [5.41, 5.74) is 0. The zero-order valence-electron chi connectivity index (χ0n) is 8.23. The van der Waals surface area contributed by atoms with Crippen molar-refractivity contribution >= 4 is 17.4 Å². The molecule has 2 aliphatic rings. The van der Waals surface area contributed by atoms with E-state index in [1.807, 2.05) is 61.4 Å². The maximum atomic E-state index is 2.00. The van der Waals surface area contributed by atoms with Gasteiger partial charge >= 0.3 is 21.7 Å². The van der Waals surface area contributed by atoms with E-state index >= 15 is 0 Å². The molecule has 0 aromatic rings. The molecule has 0 saturated heterocycles. The van der Waals surface area contributed by atoms with E-state index in [0.717, 1.165) is 0 Å². The Morgan fingerprint density at radius 1 is 0.500 bits per heavy atom. The minimum atomic E-state index is 0. The SMILES string of the molecule is C.C.[Al].[CH3-].[CH]1C=CC=C1.[CH]1C=CC=C1.[Cl-].[Ti+2]. The van der Waals surface area contributed by atoms with Crippen LogP contribution in [0.1, 0.15) is 14.9 Å². The average Bonchev–Trinajstić information content (AvgIpc) is 2.67. The fourth-order valence-corrected chi connectivity index (χ4v) is 0.642. The van der Waals surface area contributed by atoms with Crippen LogP contribution in [0.3, 0.4) is 0 Å². The molecule has 0 nitrogen and oxygen atoms in total. The first-order chi connectivity index (χ1) is 5.00. The van der Waals surface area contributed by atoms with Gasteiger partial charge in [-0.25, -0.2) is 0 Å². The summed E-state index contributed by atoms with van der Waals surface area (Å²) < 4.78 is 0. The minimum absolute atomic E-state index is 0. The molecule has 0 aliphatic heterocycles. The van der Waals surface area contributed by atoms with Gasteiger partial charge in [0.2, 0.25) is 0 Å². The second-order valence-corrected chi connectivity index (χ2v) is 1.92. The summed E-state index contributed by atoms with van der Waals surface area (Å²) in [6.45, 7) is 0. The number of hydrogen-bond acceptors (Lipinski definition) is 0. The molecule has 0 N–H and O–H groups in total. The van der Waals surface area contributed by atoms with Crippen molar-refractivity contribution in [2.45, 2.75) is 14.9 Å². The molecule has 0 heterocycles. The van der Waals surface area contributed by atoms with Crippen molar-refractivity contribution in [3.63, 3.8) is 0 Å². The van der Waals surface area contributed by atoms with Crippen LogP contribution in [0.2, 0.25) is 0 Å². The van der Waals surface area contributed by atoms with Gasteiger partial charge in [-0.2, -0.15) is 0 Å². The molecule has 0 bridgehead atoms. The van der Waals surface area contributed by atoms with Crippen molar-refractivity contribution in [1.82, 2.24) is 0 Å². The van der Waals surface area contributed by atoms with E-state index < -0.39 is 0 Å². The second kappa shape index (κ2) is 29.6. The van der Waals surface area contributed by atoms with Crippen LogP contribution in [-0.2, 0) is 21.7 Å². The zero-order chi connectivity index (χ0) is 7.07. The smallest absolute Gasteiger partial charge is 1.00 e. The van der Waals surface area contributed by atoms with Crippen molar-refractivity contribution in [2.24, 2.45) is 0 Å². The summed E-state index contributed by atoms with van der Waals surface area (Å²) in [4.78, 5) is 0. The number of rotatable bonds is 0. The molecule has 0 aromatic carbocycles. The average molecular weight is 288 g/mol. The predicted molar refractivity (Wildman–Crippen MR) is 70.8 cm³/mol. The normalized spacial score (nSPS) is 11.0. The van der Waals surface area contributed by atoms with Crippen molar-refractivity contribution in [2.75, 3.05) is 0 Å². The van der Waals surface area contributed by atoms with Gasteiger partial charge in [-0.3, -0.25) is 0 Å². The van der Waals surface area contributed by atoms with Crippen molar-refractivity contribution in [3.8, 4) is 0 Å². The molecular weight excluding hydrogens is 266 g/mol. The van der Waals surface area contributed by atoms with Crippen LogP contribution in [0.25, 0.3) is 0 Å². The number of halogens is 1. The summed E-state index contributed by atoms with van der Waals surface area (Å²) >= 11 is 0. The molecule has 2 aliphatic carbocycles. The van der Waals surface area contributed by atoms with Gasteiger partial charge in [0.15, 0.2) is 0 Å². The molecule has 0 fully saturated rings. The Labute approximate surface area is 134 Å². The van der Waals surface area contributed by atoms with Gasteiger partial charge in [-0.15, -0.1) is 0 Å². The molecule has 0 aromatic heterocycles. The van der Waals surface area contributed by atoms with Crippen LogP contribution in [0, 0.1) is 20.3 Å². The van der Waals surface area contributed by atoms with Gasteiger partial charge in [-0.05, 0) is 0 Å². The molecule has 0 atom stereocenters. The molecular formula is C13H21AlClTi. The number of hydrogen-bond donors (Lipinski definition) is 0.